The molecule has 1 atom stereocenters. The molecule has 0 aliphatic carbocycles. The van der Waals surface area contributed by atoms with Crippen LogP contribution in [-0.4, -0.2) is 23.4 Å². The van der Waals surface area contributed by atoms with Crippen molar-refractivity contribution in [3.63, 3.8) is 0 Å². The summed E-state index contributed by atoms with van der Waals surface area (Å²) in [4.78, 5) is 10.9. The summed E-state index contributed by atoms with van der Waals surface area (Å²) in [6.07, 6.45) is 1.81. The minimum Gasteiger partial charge on any atom is -0.431 e. The second-order valence-electron chi connectivity index (χ2n) is 2.51. The summed E-state index contributed by atoms with van der Waals surface area (Å²) >= 11 is 1.35. The van der Waals surface area contributed by atoms with Crippen LogP contribution < -0.4 is 0 Å². The lowest BCUT2D eigenvalue weighted by molar-refractivity contribution is -0.159. The second kappa shape index (κ2) is 2.43. The van der Waals surface area contributed by atoms with Crippen LogP contribution in [-0.2, 0) is 14.3 Å². The van der Waals surface area contributed by atoms with Crippen LogP contribution in [0.25, 0.3) is 0 Å². The van der Waals surface area contributed by atoms with Crippen molar-refractivity contribution in [1.29, 1.82) is 0 Å². The Morgan fingerprint density at radius 2 is 2.20 bits per heavy atom. The molecule has 3 nitrogen and oxygen atoms in total. The quantitative estimate of drug-likeness (QED) is 0.538. The normalized spacial score (nSPS) is 30.3. The highest BCUT2D eigenvalue weighted by atomic mass is 32.2. The molecule has 0 radical (unpaired) electrons. The van der Waals surface area contributed by atoms with Gasteiger partial charge in [-0.2, -0.15) is 0 Å². The van der Waals surface area contributed by atoms with E-state index < -0.39 is 11.2 Å². The highest BCUT2D eigenvalue weighted by molar-refractivity contribution is 7.99. The smallest absolute Gasteiger partial charge is 0.348 e. The van der Waals surface area contributed by atoms with Gasteiger partial charge >= 0.3 is 5.97 Å². The summed E-state index contributed by atoms with van der Waals surface area (Å²) < 4.78 is 10.1. The number of esters is 1. The first-order valence-electron chi connectivity index (χ1n) is 2.98. The molecule has 1 fully saturated rings. The summed E-state index contributed by atoms with van der Waals surface area (Å²) in [5.41, 5.74) is -0.435. The number of rotatable bonds is 1. The molecule has 0 aromatic rings. The number of carbonyl (C=O) groups is 1. The molecule has 0 aromatic carbocycles. The SMILES string of the molecule is CS[C@H]1OC(C)(C)OC1=O. The zero-order valence-electron chi connectivity index (χ0n) is 6.21. The first kappa shape index (κ1) is 7.88. The van der Waals surface area contributed by atoms with E-state index in [1.54, 1.807) is 13.8 Å². The van der Waals surface area contributed by atoms with Crippen molar-refractivity contribution in [2.75, 3.05) is 6.26 Å². The van der Waals surface area contributed by atoms with Crippen molar-refractivity contribution in [2.45, 2.75) is 25.1 Å². The van der Waals surface area contributed by atoms with Crippen LogP contribution in [0.4, 0.5) is 0 Å². The van der Waals surface area contributed by atoms with Crippen molar-refractivity contribution in [1.82, 2.24) is 0 Å². The van der Waals surface area contributed by atoms with E-state index in [1.165, 1.54) is 11.8 Å². The van der Waals surface area contributed by atoms with E-state index in [2.05, 4.69) is 0 Å². The van der Waals surface area contributed by atoms with Crippen molar-refractivity contribution >= 4 is 17.7 Å². The Labute approximate surface area is 64.1 Å². The second-order valence-corrected chi connectivity index (χ2v) is 3.41. The van der Waals surface area contributed by atoms with Gasteiger partial charge in [0.1, 0.15) is 0 Å². The molecular weight excluding hydrogens is 152 g/mol. The average Bonchev–Trinajstić information content (AvgIpc) is 2.05. The molecule has 1 saturated heterocycles. The highest BCUT2D eigenvalue weighted by Crippen LogP contribution is 2.28. The maximum absolute atomic E-state index is 10.9. The fraction of sp³-hybridized carbons (Fsp3) is 0.833. The van der Waals surface area contributed by atoms with Crippen LogP contribution in [0, 0.1) is 0 Å². The van der Waals surface area contributed by atoms with Gasteiger partial charge in [-0.3, -0.25) is 0 Å². The van der Waals surface area contributed by atoms with Gasteiger partial charge in [-0.15, -0.1) is 11.8 Å². The van der Waals surface area contributed by atoms with E-state index in [0.717, 1.165) is 0 Å². The third-order valence-corrected chi connectivity index (χ3v) is 1.86. The number of carbonyl (C=O) groups excluding carboxylic acids is 1. The first-order chi connectivity index (χ1) is 4.55. The molecule has 0 N–H and O–H groups in total. The van der Waals surface area contributed by atoms with Gasteiger partial charge in [0, 0.05) is 13.8 Å². The van der Waals surface area contributed by atoms with Crippen molar-refractivity contribution in [3.8, 4) is 0 Å². The monoisotopic (exact) mass is 162 g/mol. The largest absolute Gasteiger partial charge is 0.431 e. The molecule has 0 amide bonds. The number of thioether (sulfide) groups is 1. The molecule has 1 rings (SSSR count). The van der Waals surface area contributed by atoms with E-state index in [9.17, 15) is 4.79 Å². The molecule has 1 aliphatic heterocycles. The zero-order chi connectivity index (χ0) is 7.78. The molecule has 0 bridgehead atoms. The van der Waals surface area contributed by atoms with Crippen LogP contribution in [0.15, 0.2) is 0 Å². The van der Waals surface area contributed by atoms with Gasteiger partial charge in [0.2, 0.25) is 11.2 Å². The Bertz CT molecular complexity index is 155. The molecule has 58 valence electrons. The van der Waals surface area contributed by atoms with Gasteiger partial charge < -0.3 is 9.47 Å². The summed E-state index contributed by atoms with van der Waals surface area (Å²) in [6.45, 7) is 3.45. The summed E-state index contributed by atoms with van der Waals surface area (Å²) in [5.74, 6) is -1.01. The van der Waals surface area contributed by atoms with Gasteiger partial charge in [0.25, 0.3) is 0 Å². The van der Waals surface area contributed by atoms with E-state index in [4.69, 9.17) is 9.47 Å². The molecule has 0 unspecified atom stereocenters. The highest BCUT2D eigenvalue weighted by Gasteiger charge is 2.40. The number of ether oxygens (including phenoxy) is 2. The average molecular weight is 162 g/mol. The van der Waals surface area contributed by atoms with Crippen molar-refractivity contribution in [2.24, 2.45) is 0 Å². The van der Waals surface area contributed by atoms with Gasteiger partial charge in [-0.1, -0.05) is 0 Å². The van der Waals surface area contributed by atoms with Crippen LogP contribution in [0.2, 0.25) is 0 Å². The topological polar surface area (TPSA) is 35.5 Å². The van der Waals surface area contributed by atoms with Gasteiger partial charge in [-0.25, -0.2) is 4.79 Å². The van der Waals surface area contributed by atoms with Crippen LogP contribution in [0.1, 0.15) is 13.8 Å². The van der Waals surface area contributed by atoms with E-state index in [1.807, 2.05) is 6.26 Å². The lowest BCUT2D eigenvalue weighted by atomic mass is 10.4. The fourth-order valence-corrected chi connectivity index (χ4v) is 1.33. The lowest BCUT2D eigenvalue weighted by Gasteiger charge is -2.14. The maximum Gasteiger partial charge on any atom is 0.348 e. The predicted molar refractivity (Wildman–Crippen MR) is 38.6 cm³/mol. The molecule has 1 heterocycles. The van der Waals surface area contributed by atoms with Gasteiger partial charge in [0.05, 0.1) is 0 Å². The zero-order valence-corrected chi connectivity index (χ0v) is 7.03. The number of hydrogen-bond acceptors (Lipinski definition) is 4. The molecule has 0 saturated carbocycles. The van der Waals surface area contributed by atoms with Gasteiger partial charge in [-0.05, 0) is 6.26 Å². The summed E-state index contributed by atoms with van der Waals surface area (Å²) in [5, 5.41) is 0. The lowest BCUT2D eigenvalue weighted by Crippen LogP contribution is -2.20. The fourth-order valence-electron chi connectivity index (χ4n) is 0.765. The Kier molecular flexibility index (Phi) is 1.92. The minimum absolute atomic E-state index is 0.280. The van der Waals surface area contributed by atoms with Crippen molar-refractivity contribution in [3.05, 3.63) is 0 Å². The van der Waals surface area contributed by atoms with E-state index in [0.29, 0.717) is 0 Å². The summed E-state index contributed by atoms with van der Waals surface area (Å²) in [6, 6.07) is 0. The third-order valence-electron chi connectivity index (χ3n) is 1.14. The number of hydrogen-bond donors (Lipinski definition) is 0. The van der Waals surface area contributed by atoms with Crippen molar-refractivity contribution < 1.29 is 14.3 Å². The molecule has 0 aromatic heterocycles. The van der Waals surface area contributed by atoms with Crippen LogP contribution in [0.3, 0.4) is 0 Å². The molecule has 0 spiro atoms. The Balaban J connectivity index is 2.61. The number of cyclic esters (lactones) is 1. The molecule has 4 heteroatoms. The van der Waals surface area contributed by atoms with Gasteiger partial charge in [0.15, 0.2) is 0 Å². The summed E-state index contributed by atoms with van der Waals surface area (Å²) in [7, 11) is 0. The Morgan fingerprint density at radius 1 is 1.60 bits per heavy atom. The molecule has 1 aliphatic rings. The predicted octanol–water partition coefficient (Wildman–Crippen LogP) is 0.985. The third kappa shape index (κ3) is 1.44. The van der Waals surface area contributed by atoms with E-state index in [-0.39, 0.29) is 5.97 Å². The van der Waals surface area contributed by atoms with Crippen LogP contribution >= 0.6 is 11.8 Å². The maximum atomic E-state index is 10.9. The van der Waals surface area contributed by atoms with Crippen LogP contribution in [0.5, 0.6) is 0 Å². The standard InChI is InChI=1S/C6H10O3S/c1-6(2)8-4(7)5(9-6)10-3/h5H,1-3H3/t5-/m1/s1. The van der Waals surface area contributed by atoms with E-state index >= 15 is 0 Å². The Morgan fingerprint density at radius 3 is 2.40 bits per heavy atom. The Hall–Kier alpha value is -0.220. The molecular formula is C6H10O3S. The first-order valence-corrected chi connectivity index (χ1v) is 4.27. The molecule has 10 heavy (non-hydrogen) atoms. The minimum atomic E-state index is -0.731.